The maximum atomic E-state index is 4.32. The smallest absolute Gasteiger partial charge is 0.112 e. The van der Waals surface area contributed by atoms with Crippen molar-refractivity contribution in [2.75, 3.05) is 0 Å². The number of aryl methyl sites for hydroxylation is 2. The first kappa shape index (κ1) is 6.77. The molecule has 1 aliphatic rings. The van der Waals surface area contributed by atoms with Gasteiger partial charge < -0.3 is 0 Å². The molecule has 0 bridgehead atoms. The fraction of sp³-hybridized carbons (Fsp3) is 0.556. The standard InChI is InChI=1S/C9H11N2/c1-6-5-10-9(7(2)11-6)8-3-4-8/h8H,3-4H2,1-2H3. The topological polar surface area (TPSA) is 25.8 Å². The zero-order chi connectivity index (χ0) is 7.84. The highest BCUT2D eigenvalue weighted by atomic mass is 14.8. The molecule has 1 heterocycles. The Labute approximate surface area is 66.7 Å². The van der Waals surface area contributed by atoms with E-state index in [4.69, 9.17) is 0 Å². The summed E-state index contributed by atoms with van der Waals surface area (Å²) in [5.41, 5.74) is 3.14. The molecule has 0 spiro atoms. The van der Waals surface area contributed by atoms with E-state index in [-0.39, 0.29) is 0 Å². The second-order valence-electron chi connectivity index (χ2n) is 3.17. The largest absolute Gasteiger partial charge is 0.254 e. The van der Waals surface area contributed by atoms with Gasteiger partial charge in [0.05, 0.1) is 17.1 Å². The minimum Gasteiger partial charge on any atom is -0.254 e. The molecule has 0 aliphatic heterocycles. The SMILES string of the molecule is Cc1[c]nc(C2CC2)c(C)n1. The molecule has 0 atom stereocenters. The lowest BCUT2D eigenvalue weighted by Gasteiger charge is -2.00. The van der Waals surface area contributed by atoms with E-state index in [0.29, 0.717) is 5.92 Å². The predicted octanol–water partition coefficient (Wildman–Crippen LogP) is 1.77. The summed E-state index contributed by atoms with van der Waals surface area (Å²) in [5.74, 6) is 0.694. The molecule has 2 heteroatoms. The number of hydrogen-bond acceptors (Lipinski definition) is 2. The molecule has 0 saturated heterocycles. The van der Waals surface area contributed by atoms with E-state index in [9.17, 15) is 0 Å². The van der Waals surface area contributed by atoms with Crippen LogP contribution in [0, 0.1) is 20.0 Å². The number of nitrogens with zero attached hydrogens (tertiary/aromatic N) is 2. The van der Waals surface area contributed by atoms with E-state index in [1.807, 2.05) is 13.8 Å². The minimum absolute atomic E-state index is 0.694. The Kier molecular flexibility index (Phi) is 1.41. The Hall–Kier alpha value is -0.920. The average molecular weight is 147 g/mol. The molecule has 0 amide bonds. The fourth-order valence-electron chi connectivity index (χ4n) is 1.30. The van der Waals surface area contributed by atoms with Gasteiger partial charge in [0.25, 0.3) is 0 Å². The molecule has 1 aromatic heterocycles. The van der Waals surface area contributed by atoms with Gasteiger partial charge in [-0.3, -0.25) is 4.98 Å². The van der Waals surface area contributed by atoms with Crippen LogP contribution in [0.25, 0.3) is 0 Å². The van der Waals surface area contributed by atoms with Gasteiger partial charge in [0.15, 0.2) is 0 Å². The summed E-state index contributed by atoms with van der Waals surface area (Å²) in [6, 6.07) is 0. The molecule has 1 fully saturated rings. The monoisotopic (exact) mass is 147 g/mol. The van der Waals surface area contributed by atoms with Crippen LogP contribution < -0.4 is 0 Å². The maximum Gasteiger partial charge on any atom is 0.112 e. The number of hydrogen-bond donors (Lipinski definition) is 0. The zero-order valence-electron chi connectivity index (χ0n) is 6.89. The van der Waals surface area contributed by atoms with Crippen LogP contribution in [0.1, 0.15) is 35.8 Å². The average Bonchev–Trinajstić information content (AvgIpc) is 2.70. The Morgan fingerprint density at radius 2 is 2.09 bits per heavy atom. The summed E-state index contributed by atoms with van der Waals surface area (Å²) in [7, 11) is 0. The molecule has 1 aromatic rings. The first-order valence-corrected chi connectivity index (χ1v) is 4.00. The quantitative estimate of drug-likeness (QED) is 0.605. The lowest BCUT2D eigenvalue weighted by atomic mass is 10.2. The van der Waals surface area contributed by atoms with Crippen molar-refractivity contribution >= 4 is 0 Å². The van der Waals surface area contributed by atoms with Crippen molar-refractivity contribution in [1.29, 1.82) is 0 Å². The van der Waals surface area contributed by atoms with Crippen molar-refractivity contribution in [3.05, 3.63) is 23.3 Å². The van der Waals surface area contributed by atoms with E-state index in [1.54, 1.807) is 0 Å². The van der Waals surface area contributed by atoms with Crippen LogP contribution in [-0.2, 0) is 0 Å². The minimum atomic E-state index is 0.694. The molecular weight excluding hydrogens is 136 g/mol. The Morgan fingerprint density at radius 3 is 2.64 bits per heavy atom. The molecule has 0 aromatic carbocycles. The zero-order valence-corrected chi connectivity index (χ0v) is 6.89. The third-order valence-corrected chi connectivity index (χ3v) is 2.01. The predicted molar refractivity (Wildman–Crippen MR) is 42.3 cm³/mol. The molecule has 11 heavy (non-hydrogen) atoms. The van der Waals surface area contributed by atoms with Crippen LogP contribution in [0.15, 0.2) is 0 Å². The van der Waals surface area contributed by atoms with Crippen molar-refractivity contribution in [3.63, 3.8) is 0 Å². The van der Waals surface area contributed by atoms with Crippen LogP contribution >= 0.6 is 0 Å². The van der Waals surface area contributed by atoms with Crippen LogP contribution in [0.4, 0.5) is 0 Å². The Bertz CT molecular complexity index is 277. The lowest BCUT2D eigenvalue weighted by molar-refractivity contribution is 0.920. The van der Waals surface area contributed by atoms with Gasteiger partial charge >= 0.3 is 0 Å². The van der Waals surface area contributed by atoms with Crippen molar-refractivity contribution in [2.24, 2.45) is 0 Å². The third-order valence-electron chi connectivity index (χ3n) is 2.01. The van der Waals surface area contributed by atoms with Gasteiger partial charge in [0.1, 0.15) is 6.20 Å². The van der Waals surface area contributed by atoms with Crippen LogP contribution in [-0.4, -0.2) is 9.97 Å². The van der Waals surface area contributed by atoms with E-state index >= 15 is 0 Å². The molecule has 0 unspecified atom stereocenters. The number of rotatable bonds is 1. The summed E-state index contributed by atoms with van der Waals surface area (Å²) in [6.45, 7) is 3.96. The van der Waals surface area contributed by atoms with Gasteiger partial charge in [-0.05, 0) is 26.7 Å². The summed E-state index contributed by atoms with van der Waals surface area (Å²) in [6.07, 6.45) is 5.47. The molecular formula is C9H11N2. The summed E-state index contributed by atoms with van der Waals surface area (Å²) in [4.78, 5) is 8.57. The third kappa shape index (κ3) is 1.25. The first-order valence-electron chi connectivity index (χ1n) is 4.00. The van der Waals surface area contributed by atoms with E-state index in [1.165, 1.54) is 12.8 Å². The van der Waals surface area contributed by atoms with Crippen molar-refractivity contribution < 1.29 is 0 Å². The van der Waals surface area contributed by atoms with Gasteiger partial charge in [0, 0.05) is 5.92 Å². The fourth-order valence-corrected chi connectivity index (χ4v) is 1.30. The van der Waals surface area contributed by atoms with E-state index < -0.39 is 0 Å². The summed E-state index contributed by atoms with van der Waals surface area (Å²) < 4.78 is 0. The molecule has 1 saturated carbocycles. The second kappa shape index (κ2) is 2.29. The van der Waals surface area contributed by atoms with Gasteiger partial charge in [-0.1, -0.05) is 0 Å². The van der Waals surface area contributed by atoms with Gasteiger partial charge in [-0.2, -0.15) is 0 Å². The van der Waals surface area contributed by atoms with Gasteiger partial charge in [-0.15, -0.1) is 0 Å². The summed E-state index contributed by atoms with van der Waals surface area (Å²) >= 11 is 0. The highest BCUT2D eigenvalue weighted by Gasteiger charge is 2.26. The van der Waals surface area contributed by atoms with Crippen LogP contribution in [0.3, 0.4) is 0 Å². The van der Waals surface area contributed by atoms with Crippen LogP contribution in [0.2, 0.25) is 0 Å². The Morgan fingerprint density at radius 1 is 1.36 bits per heavy atom. The maximum absolute atomic E-state index is 4.32. The first-order chi connectivity index (χ1) is 5.27. The van der Waals surface area contributed by atoms with Gasteiger partial charge in [-0.25, -0.2) is 4.98 Å². The normalized spacial score (nSPS) is 16.9. The van der Waals surface area contributed by atoms with Crippen LogP contribution in [0.5, 0.6) is 0 Å². The lowest BCUT2D eigenvalue weighted by Crippen LogP contribution is -1.96. The highest BCUT2D eigenvalue weighted by molar-refractivity contribution is 5.19. The summed E-state index contributed by atoms with van der Waals surface area (Å²) in [5, 5.41) is 0. The van der Waals surface area contributed by atoms with Crippen molar-refractivity contribution in [3.8, 4) is 0 Å². The second-order valence-corrected chi connectivity index (χ2v) is 3.17. The van der Waals surface area contributed by atoms with E-state index in [0.717, 1.165) is 17.1 Å². The van der Waals surface area contributed by atoms with Crippen molar-refractivity contribution in [1.82, 2.24) is 9.97 Å². The van der Waals surface area contributed by atoms with Crippen molar-refractivity contribution in [2.45, 2.75) is 32.6 Å². The molecule has 1 radical (unpaired) electrons. The highest BCUT2D eigenvalue weighted by Crippen LogP contribution is 2.39. The molecule has 2 rings (SSSR count). The van der Waals surface area contributed by atoms with E-state index in [2.05, 4.69) is 16.2 Å². The molecule has 2 nitrogen and oxygen atoms in total. The Balaban J connectivity index is 2.39. The number of aromatic nitrogens is 2. The molecule has 0 N–H and O–H groups in total. The molecule has 1 aliphatic carbocycles. The molecule has 57 valence electrons. The van der Waals surface area contributed by atoms with Gasteiger partial charge in [0.2, 0.25) is 0 Å².